The van der Waals surface area contributed by atoms with Crippen LogP contribution in [0.25, 0.3) is 0 Å². The van der Waals surface area contributed by atoms with E-state index in [9.17, 15) is 4.79 Å². The molecule has 1 amide bonds. The van der Waals surface area contributed by atoms with Gasteiger partial charge in [-0.15, -0.1) is 12.4 Å². The van der Waals surface area contributed by atoms with E-state index in [1.807, 2.05) is 37.3 Å². The molecule has 18 heavy (non-hydrogen) atoms. The molecule has 0 heterocycles. The second-order valence-corrected chi connectivity index (χ2v) is 4.61. The van der Waals surface area contributed by atoms with Gasteiger partial charge in [-0.05, 0) is 31.9 Å². The lowest BCUT2D eigenvalue weighted by Gasteiger charge is -2.17. The number of hydrogen-bond acceptors (Lipinski definition) is 3. The highest BCUT2D eigenvalue weighted by Crippen LogP contribution is 2.31. The molecule has 1 fully saturated rings. The highest BCUT2D eigenvalue weighted by Gasteiger charge is 2.45. The fourth-order valence-electron chi connectivity index (χ4n) is 1.55. The summed E-state index contributed by atoms with van der Waals surface area (Å²) in [4.78, 5) is 11.6. The number of nitrogens with two attached hydrogens (primary N) is 1. The van der Waals surface area contributed by atoms with Crippen molar-refractivity contribution in [3.63, 3.8) is 0 Å². The molecule has 2 rings (SSSR count). The Morgan fingerprint density at radius 1 is 1.44 bits per heavy atom. The van der Waals surface area contributed by atoms with E-state index in [1.165, 1.54) is 0 Å². The van der Waals surface area contributed by atoms with Crippen molar-refractivity contribution in [2.45, 2.75) is 31.4 Å². The molecule has 1 atom stereocenters. The zero-order chi connectivity index (χ0) is 12.3. The molecule has 0 aliphatic heterocycles. The molecule has 1 aromatic rings. The van der Waals surface area contributed by atoms with Gasteiger partial charge in [0.15, 0.2) is 0 Å². The monoisotopic (exact) mass is 270 g/mol. The van der Waals surface area contributed by atoms with Crippen LogP contribution in [0.2, 0.25) is 0 Å². The first-order chi connectivity index (χ1) is 8.10. The lowest BCUT2D eigenvalue weighted by atomic mass is 10.2. The molecule has 0 radical (unpaired) electrons. The molecule has 1 aliphatic rings. The minimum atomic E-state index is -0.605. The van der Waals surface area contributed by atoms with Crippen LogP contribution in [0.1, 0.15) is 19.8 Å². The molecule has 3 N–H and O–H groups in total. The summed E-state index contributed by atoms with van der Waals surface area (Å²) in [6.45, 7) is 2.40. The molecular formula is C13H19ClN2O2. The van der Waals surface area contributed by atoms with Crippen LogP contribution in [-0.4, -0.2) is 24.1 Å². The number of carbonyl (C=O) groups is 1. The fraction of sp³-hybridized carbons (Fsp3) is 0.462. The van der Waals surface area contributed by atoms with E-state index in [-0.39, 0.29) is 24.4 Å². The minimum Gasteiger partial charge on any atom is -0.489 e. The van der Waals surface area contributed by atoms with E-state index >= 15 is 0 Å². The Morgan fingerprint density at radius 2 is 2.06 bits per heavy atom. The normalized spacial score (nSPS) is 17.2. The molecule has 0 saturated heterocycles. The molecule has 0 aromatic heterocycles. The third-order valence-corrected chi connectivity index (χ3v) is 2.87. The van der Waals surface area contributed by atoms with Crippen LogP contribution < -0.4 is 15.8 Å². The number of amides is 1. The third-order valence-electron chi connectivity index (χ3n) is 2.87. The average molecular weight is 271 g/mol. The molecule has 5 heteroatoms. The molecule has 1 unspecified atom stereocenters. The highest BCUT2D eigenvalue weighted by atomic mass is 35.5. The van der Waals surface area contributed by atoms with Crippen molar-refractivity contribution < 1.29 is 9.53 Å². The van der Waals surface area contributed by atoms with Crippen molar-refractivity contribution >= 4 is 18.3 Å². The number of rotatable bonds is 5. The Morgan fingerprint density at radius 3 is 2.61 bits per heavy atom. The number of benzene rings is 1. The van der Waals surface area contributed by atoms with Crippen LogP contribution in [0.5, 0.6) is 5.75 Å². The van der Waals surface area contributed by atoms with Gasteiger partial charge in [0.25, 0.3) is 0 Å². The maximum Gasteiger partial charge on any atom is 0.240 e. The summed E-state index contributed by atoms with van der Waals surface area (Å²) in [5.41, 5.74) is 5.17. The predicted octanol–water partition coefficient (Wildman–Crippen LogP) is 1.48. The second kappa shape index (κ2) is 6.07. The van der Waals surface area contributed by atoms with Crippen LogP contribution in [0.4, 0.5) is 0 Å². The molecule has 100 valence electrons. The van der Waals surface area contributed by atoms with Crippen molar-refractivity contribution in [2.24, 2.45) is 5.73 Å². The molecular weight excluding hydrogens is 252 g/mol. The van der Waals surface area contributed by atoms with Crippen LogP contribution in [0.15, 0.2) is 30.3 Å². The summed E-state index contributed by atoms with van der Waals surface area (Å²) in [5, 5.41) is 2.82. The van der Waals surface area contributed by atoms with Gasteiger partial charge in [-0.2, -0.15) is 0 Å². The standard InChI is InChI=1S/C13H18N2O2.ClH/c1-10(17-11-5-3-2-4-6-11)9-15-12(16)13(14)7-8-13;/h2-6,10H,7-9,14H2,1H3,(H,15,16);1H. The van der Waals surface area contributed by atoms with Gasteiger partial charge in [-0.25, -0.2) is 0 Å². The Kier molecular flexibility index (Phi) is 4.99. The van der Waals surface area contributed by atoms with Gasteiger partial charge in [0, 0.05) is 0 Å². The van der Waals surface area contributed by atoms with Crippen LogP contribution in [-0.2, 0) is 4.79 Å². The molecule has 0 bridgehead atoms. The van der Waals surface area contributed by atoms with Crippen molar-refractivity contribution in [3.8, 4) is 5.75 Å². The minimum absolute atomic E-state index is 0. The van der Waals surface area contributed by atoms with Gasteiger partial charge in [0.2, 0.25) is 5.91 Å². The second-order valence-electron chi connectivity index (χ2n) is 4.61. The Hall–Kier alpha value is -1.26. The molecule has 4 nitrogen and oxygen atoms in total. The fourth-order valence-corrected chi connectivity index (χ4v) is 1.55. The zero-order valence-corrected chi connectivity index (χ0v) is 11.2. The Labute approximate surface area is 113 Å². The van der Waals surface area contributed by atoms with Gasteiger partial charge >= 0.3 is 0 Å². The van der Waals surface area contributed by atoms with Gasteiger partial charge < -0.3 is 15.8 Å². The van der Waals surface area contributed by atoms with E-state index in [0.717, 1.165) is 18.6 Å². The summed E-state index contributed by atoms with van der Waals surface area (Å²) in [6.07, 6.45) is 1.50. The third kappa shape index (κ3) is 3.89. The maximum atomic E-state index is 11.6. The number of halogens is 1. The smallest absolute Gasteiger partial charge is 0.240 e. The summed E-state index contributed by atoms with van der Waals surface area (Å²) in [5.74, 6) is 0.740. The summed E-state index contributed by atoms with van der Waals surface area (Å²) >= 11 is 0. The molecule has 1 aromatic carbocycles. The van der Waals surface area contributed by atoms with E-state index in [4.69, 9.17) is 10.5 Å². The Balaban J connectivity index is 0.00000162. The van der Waals surface area contributed by atoms with Gasteiger partial charge in [0.1, 0.15) is 11.9 Å². The average Bonchev–Trinajstić information content (AvgIpc) is 3.07. The van der Waals surface area contributed by atoms with Crippen molar-refractivity contribution in [1.82, 2.24) is 5.32 Å². The van der Waals surface area contributed by atoms with Crippen molar-refractivity contribution in [2.75, 3.05) is 6.54 Å². The molecule has 1 aliphatic carbocycles. The topological polar surface area (TPSA) is 64.4 Å². The SMILES string of the molecule is CC(CNC(=O)C1(N)CC1)Oc1ccccc1.Cl. The molecule has 1 saturated carbocycles. The molecule has 0 spiro atoms. The van der Waals surface area contributed by atoms with Crippen LogP contribution in [0, 0.1) is 0 Å². The van der Waals surface area contributed by atoms with Gasteiger partial charge in [-0.1, -0.05) is 18.2 Å². The maximum absolute atomic E-state index is 11.6. The number of hydrogen-bond donors (Lipinski definition) is 2. The first-order valence-electron chi connectivity index (χ1n) is 5.89. The number of carbonyl (C=O) groups excluding carboxylic acids is 1. The van der Waals surface area contributed by atoms with E-state index in [0.29, 0.717) is 6.54 Å². The summed E-state index contributed by atoms with van der Waals surface area (Å²) in [7, 11) is 0. The van der Waals surface area contributed by atoms with E-state index in [1.54, 1.807) is 0 Å². The number of para-hydroxylation sites is 1. The highest BCUT2D eigenvalue weighted by molar-refractivity contribution is 5.88. The van der Waals surface area contributed by atoms with Crippen LogP contribution in [0.3, 0.4) is 0 Å². The quantitative estimate of drug-likeness (QED) is 0.852. The summed E-state index contributed by atoms with van der Waals surface area (Å²) < 4.78 is 5.64. The van der Waals surface area contributed by atoms with Crippen LogP contribution >= 0.6 is 12.4 Å². The van der Waals surface area contributed by atoms with Gasteiger partial charge in [0.05, 0.1) is 12.1 Å². The predicted molar refractivity (Wildman–Crippen MR) is 72.9 cm³/mol. The largest absolute Gasteiger partial charge is 0.489 e. The number of ether oxygens (including phenoxy) is 1. The Bertz CT molecular complexity index is 393. The zero-order valence-electron chi connectivity index (χ0n) is 10.4. The van der Waals surface area contributed by atoms with E-state index < -0.39 is 5.54 Å². The number of nitrogens with one attached hydrogen (secondary N) is 1. The van der Waals surface area contributed by atoms with Crippen molar-refractivity contribution in [3.05, 3.63) is 30.3 Å². The lowest BCUT2D eigenvalue weighted by Crippen LogP contribution is -2.45. The lowest BCUT2D eigenvalue weighted by molar-refractivity contribution is -0.123. The van der Waals surface area contributed by atoms with Crippen molar-refractivity contribution in [1.29, 1.82) is 0 Å². The van der Waals surface area contributed by atoms with E-state index in [2.05, 4.69) is 5.32 Å². The summed E-state index contributed by atoms with van der Waals surface area (Å²) in [6, 6.07) is 9.55. The first kappa shape index (κ1) is 14.8. The first-order valence-corrected chi connectivity index (χ1v) is 5.89. The van der Waals surface area contributed by atoms with Gasteiger partial charge in [-0.3, -0.25) is 4.79 Å².